The maximum absolute atomic E-state index is 6.18. The Labute approximate surface area is 112 Å². The molecule has 1 N–H and O–H groups in total. The molecule has 1 atom stereocenters. The summed E-state index contributed by atoms with van der Waals surface area (Å²) in [7, 11) is 0. The summed E-state index contributed by atoms with van der Waals surface area (Å²) in [6.07, 6.45) is 6.53. The lowest BCUT2D eigenvalue weighted by Gasteiger charge is -2.21. The van der Waals surface area contributed by atoms with E-state index in [2.05, 4.69) is 16.6 Å². The summed E-state index contributed by atoms with van der Waals surface area (Å²) in [5.41, 5.74) is 2.23. The van der Waals surface area contributed by atoms with Crippen LogP contribution in [0.15, 0.2) is 36.7 Å². The Morgan fingerprint density at radius 3 is 3.00 bits per heavy atom. The summed E-state index contributed by atoms with van der Waals surface area (Å²) < 4.78 is 1.87. The van der Waals surface area contributed by atoms with Gasteiger partial charge < -0.3 is 5.32 Å². The van der Waals surface area contributed by atoms with Gasteiger partial charge in [-0.25, -0.2) is 4.68 Å². The quantitative estimate of drug-likeness (QED) is 0.901. The van der Waals surface area contributed by atoms with Crippen molar-refractivity contribution in [3.8, 4) is 5.69 Å². The average Bonchev–Trinajstić information content (AvgIpc) is 2.90. The molecule has 0 radical (unpaired) electrons. The number of rotatable bonds is 2. The topological polar surface area (TPSA) is 29.9 Å². The van der Waals surface area contributed by atoms with Gasteiger partial charge in [-0.2, -0.15) is 5.10 Å². The Bertz CT molecular complexity index is 529. The fourth-order valence-corrected chi connectivity index (χ4v) is 2.68. The molecule has 1 saturated heterocycles. The summed E-state index contributed by atoms with van der Waals surface area (Å²) in [4.78, 5) is 0. The Morgan fingerprint density at radius 1 is 1.33 bits per heavy atom. The normalized spacial score (nSPS) is 19.9. The van der Waals surface area contributed by atoms with Crippen molar-refractivity contribution in [2.75, 3.05) is 13.1 Å². The van der Waals surface area contributed by atoms with E-state index in [0.717, 1.165) is 23.8 Å². The number of aromatic nitrogens is 2. The minimum Gasteiger partial charge on any atom is -0.316 e. The van der Waals surface area contributed by atoms with E-state index < -0.39 is 0 Å². The molecule has 1 fully saturated rings. The van der Waals surface area contributed by atoms with Crippen molar-refractivity contribution in [2.45, 2.75) is 18.8 Å². The highest BCUT2D eigenvalue weighted by Gasteiger charge is 2.17. The highest BCUT2D eigenvalue weighted by Crippen LogP contribution is 2.25. The maximum atomic E-state index is 6.18. The molecule has 18 heavy (non-hydrogen) atoms. The largest absolute Gasteiger partial charge is 0.316 e. The van der Waals surface area contributed by atoms with Crippen LogP contribution in [0.25, 0.3) is 5.69 Å². The zero-order chi connectivity index (χ0) is 12.4. The van der Waals surface area contributed by atoms with Crippen molar-refractivity contribution >= 4 is 11.6 Å². The number of nitrogens with zero attached hydrogens (tertiary/aromatic N) is 2. The van der Waals surface area contributed by atoms with Crippen LogP contribution in [0, 0.1) is 0 Å². The first kappa shape index (κ1) is 11.8. The average molecular weight is 262 g/mol. The van der Waals surface area contributed by atoms with Gasteiger partial charge in [-0.3, -0.25) is 0 Å². The molecule has 0 amide bonds. The minimum atomic E-state index is 0.579. The van der Waals surface area contributed by atoms with Gasteiger partial charge in [0.25, 0.3) is 0 Å². The first-order valence-electron chi connectivity index (χ1n) is 6.35. The van der Waals surface area contributed by atoms with E-state index >= 15 is 0 Å². The smallest absolute Gasteiger partial charge is 0.0831 e. The first-order chi connectivity index (χ1) is 8.84. The van der Waals surface area contributed by atoms with Crippen LogP contribution < -0.4 is 5.32 Å². The van der Waals surface area contributed by atoms with Crippen LogP contribution in [0.3, 0.4) is 0 Å². The van der Waals surface area contributed by atoms with Crippen LogP contribution in [-0.4, -0.2) is 22.9 Å². The number of hydrogen-bond donors (Lipinski definition) is 1. The summed E-state index contributed by atoms with van der Waals surface area (Å²) >= 11 is 6.18. The molecular formula is C14H16ClN3. The minimum absolute atomic E-state index is 0.579. The molecule has 2 heterocycles. The molecule has 3 rings (SSSR count). The predicted octanol–water partition coefficient (Wildman–Crippen LogP) is 2.99. The Hall–Kier alpha value is -1.32. The number of hydrogen-bond acceptors (Lipinski definition) is 2. The molecule has 0 saturated carbocycles. The second kappa shape index (κ2) is 5.12. The standard InChI is InChI=1S/C14H16ClN3/c15-13-5-1-2-6-14(13)18-10-12(9-17-18)11-4-3-7-16-8-11/h1-2,5-6,9-11,16H,3-4,7-8H2. The van der Waals surface area contributed by atoms with E-state index in [1.54, 1.807) is 0 Å². The number of piperidine rings is 1. The molecule has 0 spiro atoms. The molecule has 1 unspecified atom stereocenters. The van der Waals surface area contributed by atoms with E-state index in [1.165, 1.54) is 18.4 Å². The van der Waals surface area contributed by atoms with E-state index in [-0.39, 0.29) is 0 Å². The van der Waals surface area contributed by atoms with Gasteiger partial charge in [0.05, 0.1) is 16.9 Å². The van der Waals surface area contributed by atoms with Crippen molar-refractivity contribution in [3.63, 3.8) is 0 Å². The molecule has 0 aliphatic carbocycles. The van der Waals surface area contributed by atoms with Crippen molar-refractivity contribution in [1.29, 1.82) is 0 Å². The monoisotopic (exact) mass is 261 g/mol. The molecule has 1 aliphatic rings. The molecule has 3 nitrogen and oxygen atoms in total. The molecule has 2 aromatic rings. The molecule has 94 valence electrons. The van der Waals surface area contributed by atoms with Crippen LogP contribution in [-0.2, 0) is 0 Å². The van der Waals surface area contributed by atoms with Gasteiger partial charge in [-0.15, -0.1) is 0 Å². The van der Waals surface area contributed by atoms with E-state index in [1.807, 2.05) is 35.1 Å². The van der Waals surface area contributed by atoms with Crippen LogP contribution >= 0.6 is 11.6 Å². The third kappa shape index (κ3) is 2.28. The Kier molecular flexibility index (Phi) is 3.35. The van der Waals surface area contributed by atoms with Gasteiger partial charge in [-0.05, 0) is 43.0 Å². The first-order valence-corrected chi connectivity index (χ1v) is 6.72. The second-order valence-corrected chi connectivity index (χ2v) is 5.12. The van der Waals surface area contributed by atoms with E-state index in [0.29, 0.717) is 5.92 Å². The third-order valence-corrected chi connectivity index (χ3v) is 3.79. The molecule has 1 aliphatic heterocycles. The summed E-state index contributed by atoms with van der Waals surface area (Å²) in [6, 6.07) is 7.78. The molecule has 1 aromatic heterocycles. The van der Waals surface area contributed by atoms with Crippen molar-refractivity contribution in [3.05, 3.63) is 47.2 Å². The van der Waals surface area contributed by atoms with Crippen molar-refractivity contribution < 1.29 is 0 Å². The molecule has 0 bridgehead atoms. The van der Waals surface area contributed by atoms with Gasteiger partial charge in [0, 0.05) is 12.7 Å². The van der Waals surface area contributed by atoms with Crippen LogP contribution in [0.2, 0.25) is 5.02 Å². The predicted molar refractivity (Wildman–Crippen MR) is 73.4 cm³/mol. The van der Waals surface area contributed by atoms with Gasteiger partial charge in [0.1, 0.15) is 0 Å². The summed E-state index contributed by atoms with van der Waals surface area (Å²) in [5, 5.41) is 8.59. The SMILES string of the molecule is Clc1ccccc1-n1cc(C2CCCNC2)cn1. The summed E-state index contributed by atoms with van der Waals surface area (Å²) in [5.74, 6) is 0.579. The zero-order valence-corrected chi connectivity index (χ0v) is 10.9. The molecular weight excluding hydrogens is 246 g/mol. The van der Waals surface area contributed by atoms with Crippen LogP contribution in [0.1, 0.15) is 24.3 Å². The number of benzene rings is 1. The lowest BCUT2D eigenvalue weighted by molar-refractivity contribution is 0.461. The summed E-state index contributed by atoms with van der Waals surface area (Å²) in [6.45, 7) is 2.18. The third-order valence-electron chi connectivity index (χ3n) is 3.47. The lowest BCUT2D eigenvalue weighted by atomic mass is 9.94. The van der Waals surface area contributed by atoms with E-state index in [4.69, 9.17) is 11.6 Å². The Balaban J connectivity index is 1.87. The number of nitrogens with one attached hydrogen (secondary N) is 1. The molecule has 1 aromatic carbocycles. The number of para-hydroxylation sites is 1. The van der Waals surface area contributed by atoms with Gasteiger partial charge in [0.15, 0.2) is 0 Å². The maximum Gasteiger partial charge on any atom is 0.0831 e. The van der Waals surface area contributed by atoms with Gasteiger partial charge >= 0.3 is 0 Å². The fraction of sp³-hybridized carbons (Fsp3) is 0.357. The van der Waals surface area contributed by atoms with Crippen molar-refractivity contribution in [1.82, 2.24) is 15.1 Å². The fourth-order valence-electron chi connectivity index (χ4n) is 2.45. The lowest BCUT2D eigenvalue weighted by Crippen LogP contribution is -2.28. The van der Waals surface area contributed by atoms with Crippen LogP contribution in [0.5, 0.6) is 0 Å². The van der Waals surface area contributed by atoms with Crippen molar-refractivity contribution in [2.24, 2.45) is 0 Å². The number of halogens is 1. The highest BCUT2D eigenvalue weighted by molar-refractivity contribution is 6.32. The van der Waals surface area contributed by atoms with Gasteiger partial charge in [0.2, 0.25) is 0 Å². The zero-order valence-electron chi connectivity index (χ0n) is 10.1. The Morgan fingerprint density at radius 2 is 2.22 bits per heavy atom. The molecule has 4 heteroatoms. The second-order valence-electron chi connectivity index (χ2n) is 4.71. The van der Waals surface area contributed by atoms with Crippen LogP contribution in [0.4, 0.5) is 0 Å². The van der Waals surface area contributed by atoms with Gasteiger partial charge in [-0.1, -0.05) is 23.7 Å². The van der Waals surface area contributed by atoms with E-state index in [9.17, 15) is 0 Å². The highest BCUT2D eigenvalue weighted by atomic mass is 35.5.